The molecule has 1 aromatic heterocycles. The topological polar surface area (TPSA) is 70.7 Å². The highest BCUT2D eigenvalue weighted by Gasteiger charge is 2.25. The Morgan fingerprint density at radius 2 is 2.00 bits per heavy atom. The normalized spacial score (nSPS) is 19.3. The van der Waals surface area contributed by atoms with E-state index in [9.17, 15) is 9.18 Å². The molecule has 3 aromatic rings. The second-order valence-corrected chi connectivity index (χ2v) is 7.67. The van der Waals surface area contributed by atoms with Crippen LogP contribution in [0.25, 0.3) is 11.1 Å². The van der Waals surface area contributed by atoms with Gasteiger partial charge in [-0.05, 0) is 61.8 Å². The van der Waals surface area contributed by atoms with Crippen molar-refractivity contribution in [3.8, 4) is 0 Å². The number of rotatable bonds is 5. The predicted octanol–water partition coefficient (Wildman–Crippen LogP) is 5.32. The van der Waals surface area contributed by atoms with Crippen LogP contribution in [0.4, 0.5) is 20.9 Å². The molecule has 6 nitrogen and oxygen atoms in total. The van der Waals surface area contributed by atoms with Gasteiger partial charge in [0.05, 0.1) is 0 Å². The van der Waals surface area contributed by atoms with Crippen LogP contribution in [-0.2, 0) is 0 Å². The third-order valence-corrected chi connectivity index (χ3v) is 5.59. The van der Waals surface area contributed by atoms with E-state index in [0.717, 1.165) is 31.4 Å². The molecule has 2 amide bonds. The number of halogens is 1. The SMILES string of the molecule is CNC(=O)N(CC1CCC(/C=N/c2nc3ccc(F)cc3o2)CC1)c1ccccc1. The molecule has 1 saturated carbocycles. The van der Waals surface area contributed by atoms with Crippen molar-refractivity contribution in [3.05, 3.63) is 54.3 Å². The number of anilines is 1. The Balaban J connectivity index is 1.34. The maximum absolute atomic E-state index is 13.3. The summed E-state index contributed by atoms with van der Waals surface area (Å²) in [5, 5.41) is 2.74. The standard InChI is InChI=1S/C23H25FN4O2/c1-25-23(29)28(19-5-3-2-4-6-19)15-17-9-7-16(8-10-17)14-26-22-27-20-12-11-18(24)13-21(20)30-22/h2-6,11-14,16-17H,7-10,15H2,1H3,(H,25,29)/b26-14+. The molecule has 0 aliphatic heterocycles. The lowest BCUT2D eigenvalue weighted by Gasteiger charge is -2.31. The minimum absolute atomic E-state index is 0.0858. The molecule has 1 N–H and O–H groups in total. The van der Waals surface area contributed by atoms with Crippen LogP contribution in [0.15, 0.2) is 57.9 Å². The Bertz CT molecular complexity index is 1030. The van der Waals surface area contributed by atoms with E-state index in [2.05, 4.69) is 15.3 Å². The number of para-hydroxylation sites is 1. The number of benzene rings is 2. The van der Waals surface area contributed by atoms with E-state index in [4.69, 9.17) is 4.42 Å². The Morgan fingerprint density at radius 1 is 1.23 bits per heavy atom. The molecule has 0 atom stereocenters. The fourth-order valence-corrected chi connectivity index (χ4v) is 3.94. The number of carbonyl (C=O) groups is 1. The van der Waals surface area contributed by atoms with Crippen LogP contribution in [0.5, 0.6) is 0 Å². The number of fused-ring (bicyclic) bond motifs is 1. The zero-order chi connectivity index (χ0) is 20.9. The smallest absolute Gasteiger partial charge is 0.322 e. The van der Waals surface area contributed by atoms with E-state index >= 15 is 0 Å². The number of amides is 2. The van der Waals surface area contributed by atoms with Gasteiger partial charge >= 0.3 is 12.0 Å². The molecule has 30 heavy (non-hydrogen) atoms. The van der Waals surface area contributed by atoms with Crippen molar-refractivity contribution in [1.29, 1.82) is 0 Å². The van der Waals surface area contributed by atoms with E-state index < -0.39 is 0 Å². The highest BCUT2D eigenvalue weighted by atomic mass is 19.1. The second kappa shape index (κ2) is 9.07. The first-order chi connectivity index (χ1) is 14.6. The highest BCUT2D eigenvalue weighted by Crippen LogP contribution is 2.30. The molecule has 1 heterocycles. The molecule has 4 rings (SSSR count). The highest BCUT2D eigenvalue weighted by molar-refractivity contribution is 5.91. The summed E-state index contributed by atoms with van der Waals surface area (Å²) in [5.74, 6) is 0.437. The molecule has 0 saturated heterocycles. The van der Waals surface area contributed by atoms with Gasteiger partial charge in [0, 0.05) is 31.6 Å². The van der Waals surface area contributed by atoms with Crippen molar-refractivity contribution in [2.24, 2.45) is 16.8 Å². The van der Waals surface area contributed by atoms with Gasteiger partial charge in [-0.3, -0.25) is 4.90 Å². The lowest BCUT2D eigenvalue weighted by molar-refractivity contribution is 0.244. The average molecular weight is 408 g/mol. The number of hydrogen-bond donors (Lipinski definition) is 1. The van der Waals surface area contributed by atoms with E-state index in [1.807, 2.05) is 41.4 Å². The van der Waals surface area contributed by atoms with Gasteiger partial charge in [-0.25, -0.2) is 14.2 Å². The third-order valence-electron chi connectivity index (χ3n) is 5.59. The van der Waals surface area contributed by atoms with Crippen molar-refractivity contribution in [3.63, 3.8) is 0 Å². The van der Waals surface area contributed by atoms with Crippen LogP contribution in [0, 0.1) is 17.7 Å². The molecular weight excluding hydrogens is 383 g/mol. The summed E-state index contributed by atoms with van der Waals surface area (Å²) in [6.07, 6.45) is 5.94. The number of aromatic nitrogens is 1. The minimum Gasteiger partial charge on any atom is -0.422 e. The van der Waals surface area contributed by atoms with Crippen molar-refractivity contribution in [1.82, 2.24) is 10.3 Å². The number of nitrogens with zero attached hydrogens (tertiary/aromatic N) is 3. The van der Waals surface area contributed by atoms with Crippen molar-refractivity contribution < 1.29 is 13.6 Å². The van der Waals surface area contributed by atoms with Crippen LogP contribution >= 0.6 is 0 Å². The molecule has 1 aliphatic rings. The Kier molecular flexibility index (Phi) is 6.07. The van der Waals surface area contributed by atoms with Gasteiger partial charge in [0.25, 0.3) is 0 Å². The molecule has 1 fully saturated rings. The maximum Gasteiger partial charge on any atom is 0.322 e. The summed E-state index contributed by atoms with van der Waals surface area (Å²) in [7, 11) is 1.66. The lowest BCUT2D eigenvalue weighted by Crippen LogP contribution is -2.41. The predicted molar refractivity (Wildman–Crippen MR) is 116 cm³/mol. The molecule has 0 bridgehead atoms. The summed E-state index contributed by atoms with van der Waals surface area (Å²) >= 11 is 0. The summed E-state index contributed by atoms with van der Waals surface area (Å²) in [5.41, 5.74) is 1.91. The molecule has 0 unspecified atom stereocenters. The van der Waals surface area contributed by atoms with E-state index in [0.29, 0.717) is 29.5 Å². The van der Waals surface area contributed by atoms with Crippen molar-refractivity contribution in [2.75, 3.05) is 18.5 Å². The second-order valence-electron chi connectivity index (χ2n) is 7.67. The van der Waals surface area contributed by atoms with Gasteiger partial charge in [0.15, 0.2) is 5.58 Å². The van der Waals surface area contributed by atoms with Crippen LogP contribution in [0.3, 0.4) is 0 Å². The monoisotopic (exact) mass is 408 g/mol. The molecular formula is C23H25FN4O2. The van der Waals surface area contributed by atoms with E-state index in [-0.39, 0.29) is 17.9 Å². The summed E-state index contributed by atoms with van der Waals surface area (Å²) in [6, 6.07) is 14.2. The fraction of sp³-hybridized carbons (Fsp3) is 0.348. The molecule has 0 spiro atoms. The molecule has 1 aliphatic carbocycles. The van der Waals surface area contributed by atoms with Crippen LogP contribution < -0.4 is 10.2 Å². The van der Waals surface area contributed by atoms with Crippen LogP contribution in [0.1, 0.15) is 25.7 Å². The molecule has 156 valence electrons. The fourth-order valence-electron chi connectivity index (χ4n) is 3.94. The van der Waals surface area contributed by atoms with Gasteiger partial charge in [-0.15, -0.1) is 0 Å². The van der Waals surface area contributed by atoms with Crippen molar-refractivity contribution in [2.45, 2.75) is 25.7 Å². The largest absolute Gasteiger partial charge is 0.422 e. The molecule has 0 radical (unpaired) electrons. The van der Waals surface area contributed by atoms with Gasteiger partial charge in [0.1, 0.15) is 11.3 Å². The molecule has 7 heteroatoms. The number of nitrogens with one attached hydrogen (secondary N) is 1. The minimum atomic E-state index is -0.353. The first kappa shape index (κ1) is 20.1. The summed E-state index contributed by atoms with van der Waals surface area (Å²) in [6.45, 7) is 0.699. The Morgan fingerprint density at radius 3 is 2.73 bits per heavy atom. The number of oxazole rings is 1. The van der Waals surface area contributed by atoms with Gasteiger partial charge in [0.2, 0.25) is 0 Å². The number of hydrogen-bond acceptors (Lipinski definition) is 4. The van der Waals surface area contributed by atoms with Gasteiger partial charge < -0.3 is 9.73 Å². The number of urea groups is 1. The van der Waals surface area contributed by atoms with Crippen LogP contribution in [-0.4, -0.2) is 30.8 Å². The van der Waals surface area contributed by atoms with Crippen LogP contribution in [0.2, 0.25) is 0 Å². The summed E-state index contributed by atoms with van der Waals surface area (Å²) in [4.78, 5) is 22.8. The first-order valence-corrected chi connectivity index (χ1v) is 10.3. The van der Waals surface area contributed by atoms with Crippen molar-refractivity contribution >= 4 is 35.0 Å². The number of aliphatic imine (C=N–C) groups is 1. The summed E-state index contributed by atoms with van der Waals surface area (Å²) < 4.78 is 18.8. The van der Waals surface area contributed by atoms with Gasteiger partial charge in [-0.1, -0.05) is 18.2 Å². The quantitative estimate of drug-likeness (QED) is 0.581. The van der Waals surface area contributed by atoms with Gasteiger partial charge in [-0.2, -0.15) is 4.98 Å². The first-order valence-electron chi connectivity index (χ1n) is 10.3. The van der Waals surface area contributed by atoms with E-state index in [1.165, 1.54) is 12.1 Å². The van der Waals surface area contributed by atoms with E-state index in [1.54, 1.807) is 13.1 Å². The number of carbonyl (C=O) groups excluding carboxylic acids is 1. The lowest BCUT2D eigenvalue weighted by atomic mass is 9.82. The molecule has 2 aromatic carbocycles. The zero-order valence-corrected chi connectivity index (χ0v) is 16.9. The zero-order valence-electron chi connectivity index (χ0n) is 16.9. The average Bonchev–Trinajstić information content (AvgIpc) is 3.19. The third kappa shape index (κ3) is 4.67. The Labute approximate surface area is 174 Å². The Hall–Kier alpha value is -3.22. The maximum atomic E-state index is 13.3.